The molecule has 1 aromatic rings. The van der Waals surface area contributed by atoms with Gasteiger partial charge in [0.2, 0.25) is 0 Å². The van der Waals surface area contributed by atoms with Gasteiger partial charge in [-0.1, -0.05) is 43.4 Å². The molecule has 2 rings (SSSR count). The van der Waals surface area contributed by atoms with Crippen LogP contribution in [0.5, 0.6) is 5.75 Å². The molecule has 0 saturated heterocycles. The minimum Gasteiger partial charge on any atom is -0.495 e. The molecule has 4 heteroatoms. The molecule has 0 bridgehead atoms. The third-order valence-corrected chi connectivity index (χ3v) is 4.35. The van der Waals surface area contributed by atoms with Crippen LogP contribution in [0, 0.1) is 0 Å². The number of aliphatic hydroxyl groups is 1. The van der Waals surface area contributed by atoms with Crippen LogP contribution < -0.4 is 10.1 Å². The van der Waals surface area contributed by atoms with Crippen molar-refractivity contribution in [2.45, 2.75) is 50.6 Å². The molecule has 20 heavy (non-hydrogen) atoms. The maximum atomic E-state index is 9.66. The highest BCUT2D eigenvalue weighted by molar-refractivity contribution is 6.32. The van der Waals surface area contributed by atoms with Crippen molar-refractivity contribution in [2.75, 3.05) is 13.7 Å². The second kappa shape index (κ2) is 7.87. The van der Waals surface area contributed by atoms with Crippen LogP contribution in [0.4, 0.5) is 0 Å². The van der Waals surface area contributed by atoms with Crippen LogP contribution in [0.25, 0.3) is 0 Å². The van der Waals surface area contributed by atoms with E-state index in [0.717, 1.165) is 5.56 Å². The van der Waals surface area contributed by atoms with E-state index in [0.29, 0.717) is 16.8 Å². The number of hydrogen-bond acceptors (Lipinski definition) is 3. The van der Waals surface area contributed by atoms with Crippen molar-refractivity contribution in [2.24, 2.45) is 0 Å². The van der Waals surface area contributed by atoms with Crippen LogP contribution in [-0.4, -0.2) is 24.9 Å². The molecule has 1 fully saturated rings. The normalized spacial score (nSPS) is 18.6. The van der Waals surface area contributed by atoms with Gasteiger partial charge >= 0.3 is 0 Å². The highest BCUT2D eigenvalue weighted by Gasteiger charge is 2.18. The quantitative estimate of drug-likeness (QED) is 0.814. The molecule has 1 aliphatic carbocycles. The Bertz CT molecular complexity index is 417. The van der Waals surface area contributed by atoms with Crippen molar-refractivity contribution in [3.05, 3.63) is 28.8 Å². The Kier molecular flexibility index (Phi) is 6.14. The molecule has 1 unspecified atom stereocenters. The van der Waals surface area contributed by atoms with Crippen LogP contribution in [0.2, 0.25) is 5.02 Å². The molecule has 0 radical (unpaired) electrons. The molecule has 0 aromatic heterocycles. The summed E-state index contributed by atoms with van der Waals surface area (Å²) in [5, 5.41) is 13.8. The topological polar surface area (TPSA) is 41.5 Å². The van der Waals surface area contributed by atoms with E-state index >= 15 is 0 Å². The van der Waals surface area contributed by atoms with E-state index in [2.05, 4.69) is 5.32 Å². The molecule has 0 heterocycles. The van der Waals surface area contributed by atoms with Gasteiger partial charge in [0.15, 0.2) is 0 Å². The van der Waals surface area contributed by atoms with Crippen LogP contribution >= 0.6 is 11.6 Å². The van der Waals surface area contributed by atoms with Crippen LogP contribution in [0.3, 0.4) is 0 Å². The summed E-state index contributed by atoms with van der Waals surface area (Å²) in [4.78, 5) is 0. The molecule has 0 spiro atoms. The van der Waals surface area contributed by atoms with E-state index < -0.39 is 0 Å². The highest BCUT2D eigenvalue weighted by Crippen LogP contribution is 2.28. The fourth-order valence-corrected chi connectivity index (χ4v) is 3.15. The SMILES string of the molecule is COc1ccc(C(CO)NC2CCCCCC2)cc1Cl. The summed E-state index contributed by atoms with van der Waals surface area (Å²) in [6.07, 6.45) is 7.60. The van der Waals surface area contributed by atoms with Gasteiger partial charge in [0.1, 0.15) is 5.75 Å². The van der Waals surface area contributed by atoms with E-state index in [-0.39, 0.29) is 12.6 Å². The zero-order valence-corrected chi connectivity index (χ0v) is 12.8. The average molecular weight is 298 g/mol. The second-order valence-electron chi connectivity index (χ2n) is 5.48. The summed E-state index contributed by atoms with van der Waals surface area (Å²) >= 11 is 6.17. The van der Waals surface area contributed by atoms with E-state index in [9.17, 15) is 5.11 Å². The number of ether oxygens (including phenoxy) is 1. The fraction of sp³-hybridized carbons (Fsp3) is 0.625. The predicted molar refractivity (Wildman–Crippen MR) is 82.5 cm³/mol. The van der Waals surface area contributed by atoms with E-state index in [1.54, 1.807) is 7.11 Å². The molecule has 1 saturated carbocycles. The van der Waals surface area contributed by atoms with Crippen molar-refractivity contribution >= 4 is 11.6 Å². The molecule has 2 N–H and O–H groups in total. The first-order valence-corrected chi connectivity index (χ1v) is 7.82. The van der Waals surface area contributed by atoms with E-state index in [1.807, 2.05) is 18.2 Å². The standard InChI is InChI=1S/C16H24ClNO2/c1-20-16-9-8-12(10-14(16)17)15(11-19)18-13-6-4-2-3-5-7-13/h8-10,13,15,18-19H,2-7,11H2,1H3. The van der Waals surface area contributed by atoms with Gasteiger partial charge in [-0.05, 0) is 30.5 Å². The lowest BCUT2D eigenvalue weighted by molar-refractivity contribution is 0.228. The first-order chi connectivity index (χ1) is 9.74. The zero-order chi connectivity index (χ0) is 14.4. The van der Waals surface area contributed by atoms with Crippen molar-refractivity contribution < 1.29 is 9.84 Å². The number of halogens is 1. The third kappa shape index (κ3) is 4.11. The first kappa shape index (κ1) is 15.6. The smallest absolute Gasteiger partial charge is 0.137 e. The number of aliphatic hydroxyl groups excluding tert-OH is 1. The molecule has 0 amide bonds. The Hall–Kier alpha value is -0.770. The molecular formula is C16H24ClNO2. The molecule has 1 aromatic carbocycles. The van der Waals surface area contributed by atoms with Gasteiger partial charge < -0.3 is 15.2 Å². The molecule has 0 aliphatic heterocycles. The summed E-state index contributed by atoms with van der Waals surface area (Å²) in [6.45, 7) is 0.0825. The Morgan fingerprint density at radius 1 is 1.30 bits per heavy atom. The summed E-state index contributed by atoms with van der Waals surface area (Å²) in [5.41, 5.74) is 1.02. The second-order valence-corrected chi connectivity index (χ2v) is 5.89. The van der Waals surface area contributed by atoms with E-state index in [4.69, 9.17) is 16.3 Å². The third-order valence-electron chi connectivity index (χ3n) is 4.05. The lowest BCUT2D eigenvalue weighted by Gasteiger charge is -2.24. The molecule has 1 aliphatic rings. The minimum atomic E-state index is -0.0542. The maximum absolute atomic E-state index is 9.66. The van der Waals surface area contributed by atoms with Gasteiger partial charge in [0.25, 0.3) is 0 Å². The van der Waals surface area contributed by atoms with E-state index in [1.165, 1.54) is 38.5 Å². The summed E-state index contributed by atoms with van der Waals surface area (Å²) in [7, 11) is 1.61. The first-order valence-electron chi connectivity index (χ1n) is 7.45. The zero-order valence-electron chi connectivity index (χ0n) is 12.1. The van der Waals surface area contributed by atoms with Crippen molar-refractivity contribution in [3.8, 4) is 5.75 Å². The Morgan fingerprint density at radius 3 is 2.55 bits per heavy atom. The van der Waals surface area contributed by atoms with Gasteiger partial charge in [-0.3, -0.25) is 0 Å². The van der Waals surface area contributed by atoms with Crippen molar-refractivity contribution in [1.82, 2.24) is 5.32 Å². The molecule has 3 nitrogen and oxygen atoms in total. The van der Waals surface area contributed by atoms with Crippen molar-refractivity contribution in [1.29, 1.82) is 0 Å². The summed E-state index contributed by atoms with van der Waals surface area (Å²) in [5.74, 6) is 0.668. The monoisotopic (exact) mass is 297 g/mol. The van der Waals surface area contributed by atoms with Crippen LogP contribution in [-0.2, 0) is 0 Å². The number of rotatable bonds is 5. The molecule has 1 atom stereocenters. The maximum Gasteiger partial charge on any atom is 0.137 e. The number of nitrogens with one attached hydrogen (secondary N) is 1. The largest absolute Gasteiger partial charge is 0.495 e. The Labute approximate surface area is 126 Å². The van der Waals surface area contributed by atoms with Gasteiger partial charge in [-0.25, -0.2) is 0 Å². The Morgan fingerprint density at radius 2 is 2.00 bits per heavy atom. The van der Waals surface area contributed by atoms with Crippen LogP contribution in [0.15, 0.2) is 18.2 Å². The molecule has 112 valence electrons. The highest BCUT2D eigenvalue weighted by atomic mass is 35.5. The Balaban J connectivity index is 2.05. The van der Waals surface area contributed by atoms with Gasteiger partial charge in [-0.15, -0.1) is 0 Å². The number of benzene rings is 1. The van der Waals surface area contributed by atoms with Crippen LogP contribution in [0.1, 0.15) is 50.1 Å². The lowest BCUT2D eigenvalue weighted by Crippen LogP contribution is -2.34. The average Bonchev–Trinajstić information content (AvgIpc) is 2.73. The van der Waals surface area contributed by atoms with Crippen molar-refractivity contribution in [3.63, 3.8) is 0 Å². The minimum absolute atomic E-state index is 0.0542. The van der Waals surface area contributed by atoms with Gasteiger partial charge in [0.05, 0.1) is 24.8 Å². The number of hydrogen-bond donors (Lipinski definition) is 2. The predicted octanol–water partition coefficient (Wildman–Crippen LogP) is 3.69. The van der Waals surface area contributed by atoms with Gasteiger partial charge in [0, 0.05) is 6.04 Å². The number of methoxy groups -OCH3 is 1. The summed E-state index contributed by atoms with van der Waals surface area (Å²) < 4.78 is 5.16. The van der Waals surface area contributed by atoms with Gasteiger partial charge in [-0.2, -0.15) is 0 Å². The fourth-order valence-electron chi connectivity index (χ4n) is 2.88. The molecular weight excluding hydrogens is 274 g/mol. The lowest BCUT2D eigenvalue weighted by atomic mass is 10.0. The summed E-state index contributed by atoms with van der Waals surface area (Å²) in [6, 6.07) is 6.15.